The summed E-state index contributed by atoms with van der Waals surface area (Å²) in [7, 11) is 0. The van der Waals surface area contributed by atoms with E-state index in [0.29, 0.717) is 11.9 Å². The molecule has 1 atom stereocenters. The zero-order chi connectivity index (χ0) is 13.0. The Morgan fingerprint density at radius 1 is 1.33 bits per heavy atom. The van der Waals surface area contributed by atoms with E-state index >= 15 is 0 Å². The molecule has 18 heavy (non-hydrogen) atoms. The zero-order valence-electron chi connectivity index (χ0n) is 12.0. The van der Waals surface area contributed by atoms with Gasteiger partial charge in [-0.1, -0.05) is 26.7 Å². The van der Waals surface area contributed by atoms with Crippen molar-refractivity contribution >= 4 is 5.91 Å². The van der Waals surface area contributed by atoms with Crippen LogP contribution >= 0.6 is 0 Å². The molecule has 0 aromatic heterocycles. The molecule has 2 fully saturated rings. The normalized spacial score (nSPS) is 27.4. The van der Waals surface area contributed by atoms with Crippen LogP contribution in [0.15, 0.2) is 0 Å². The van der Waals surface area contributed by atoms with Crippen LogP contribution < -0.4 is 5.32 Å². The molecule has 0 spiro atoms. The summed E-state index contributed by atoms with van der Waals surface area (Å²) in [4.78, 5) is 15.1. The molecule has 1 N–H and O–H groups in total. The number of nitrogens with zero attached hydrogens (tertiary/aromatic N) is 1. The summed E-state index contributed by atoms with van der Waals surface area (Å²) in [5.41, 5.74) is -0.0783. The molecule has 1 aliphatic heterocycles. The summed E-state index contributed by atoms with van der Waals surface area (Å²) >= 11 is 0. The number of nitrogens with one attached hydrogen (secondary N) is 1. The summed E-state index contributed by atoms with van der Waals surface area (Å²) in [6.45, 7) is 7.29. The van der Waals surface area contributed by atoms with Gasteiger partial charge in [-0.15, -0.1) is 0 Å². The van der Waals surface area contributed by atoms with Gasteiger partial charge in [0.05, 0.1) is 5.41 Å². The van der Waals surface area contributed by atoms with Crippen LogP contribution in [-0.4, -0.2) is 36.5 Å². The van der Waals surface area contributed by atoms with E-state index in [1.54, 1.807) is 0 Å². The molecular formula is C15H28N2O. The van der Waals surface area contributed by atoms with E-state index in [0.717, 1.165) is 45.3 Å². The fraction of sp³-hybridized carbons (Fsp3) is 0.933. The second-order valence-electron chi connectivity index (χ2n) is 6.04. The molecule has 1 aliphatic carbocycles. The van der Waals surface area contributed by atoms with Crippen LogP contribution in [-0.2, 0) is 4.79 Å². The van der Waals surface area contributed by atoms with Gasteiger partial charge in [0, 0.05) is 19.1 Å². The van der Waals surface area contributed by atoms with E-state index in [9.17, 15) is 4.79 Å². The van der Waals surface area contributed by atoms with Gasteiger partial charge in [-0.05, 0) is 38.6 Å². The summed E-state index contributed by atoms with van der Waals surface area (Å²) in [6, 6.07) is 0.568. The molecule has 3 nitrogen and oxygen atoms in total. The zero-order valence-corrected chi connectivity index (χ0v) is 12.0. The first-order valence-electron chi connectivity index (χ1n) is 7.75. The fourth-order valence-electron chi connectivity index (χ4n) is 3.19. The third-order valence-electron chi connectivity index (χ3n) is 4.43. The minimum atomic E-state index is -0.0783. The Kier molecular flexibility index (Phi) is 4.66. The highest BCUT2D eigenvalue weighted by atomic mass is 16.2. The summed E-state index contributed by atoms with van der Waals surface area (Å²) < 4.78 is 0. The number of unbranched alkanes of at least 4 members (excludes halogenated alkanes) is 1. The lowest BCUT2D eigenvalue weighted by atomic mass is 9.81. The number of hydrogen-bond acceptors (Lipinski definition) is 2. The van der Waals surface area contributed by atoms with Gasteiger partial charge in [-0.25, -0.2) is 0 Å². The molecule has 0 aromatic rings. The van der Waals surface area contributed by atoms with E-state index < -0.39 is 0 Å². The highest BCUT2D eigenvalue weighted by Gasteiger charge is 2.45. The first-order valence-corrected chi connectivity index (χ1v) is 7.75. The van der Waals surface area contributed by atoms with Crippen molar-refractivity contribution < 1.29 is 4.79 Å². The van der Waals surface area contributed by atoms with Gasteiger partial charge >= 0.3 is 0 Å². The minimum Gasteiger partial charge on any atom is -0.339 e. The lowest BCUT2D eigenvalue weighted by molar-refractivity contribution is -0.142. The van der Waals surface area contributed by atoms with Gasteiger partial charge in [0.15, 0.2) is 0 Å². The van der Waals surface area contributed by atoms with Gasteiger partial charge in [-0.2, -0.15) is 0 Å². The van der Waals surface area contributed by atoms with Gasteiger partial charge in [0.2, 0.25) is 5.91 Å². The van der Waals surface area contributed by atoms with Crippen molar-refractivity contribution in [1.82, 2.24) is 10.2 Å². The Morgan fingerprint density at radius 2 is 2.11 bits per heavy atom. The molecule has 0 bridgehead atoms. The van der Waals surface area contributed by atoms with Crippen LogP contribution in [0.3, 0.4) is 0 Å². The molecule has 0 aromatic carbocycles. The van der Waals surface area contributed by atoms with E-state index in [2.05, 4.69) is 24.1 Å². The van der Waals surface area contributed by atoms with Crippen LogP contribution in [0.25, 0.3) is 0 Å². The highest BCUT2D eigenvalue weighted by Crippen LogP contribution is 2.37. The van der Waals surface area contributed by atoms with Gasteiger partial charge in [0.1, 0.15) is 0 Å². The second kappa shape index (κ2) is 6.05. The molecule has 1 amide bonds. The Morgan fingerprint density at radius 3 is 2.61 bits per heavy atom. The topological polar surface area (TPSA) is 32.3 Å². The largest absolute Gasteiger partial charge is 0.339 e. The summed E-state index contributed by atoms with van der Waals surface area (Å²) in [5.74, 6) is 0.449. The number of amides is 1. The summed E-state index contributed by atoms with van der Waals surface area (Å²) in [6.07, 6.45) is 7.98. The number of carbonyl (C=O) groups is 1. The number of hydrogen-bond donors (Lipinski definition) is 1. The molecule has 0 radical (unpaired) electrons. The standard InChI is InChI=1S/C15H28N2O/c1-3-5-11-17(13-6-7-13)14(18)15(8-4-2)9-10-16-12-15/h13,16H,3-12H2,1-2H3. The van der Waals surface area contributed by atoms with Crippen molar-refractivity contribution in [2.24, 2.45) is 5.41 Å². The van der Waals surface area contributed by atoms with Crippen LogP contribution in [0.1, 0.15) is 58.8 Å². The Balaban J connectivity index is 2.04. The Bertz CT molecular complexity index is 280. The molecule has 1 unspecified atom stereocenters. The van der Waals surface area contributed by atoms with Crippen LogP contribution in [0.4, 0.5) is 0 Å². The van der Waals surface area contributed by atoms with Crippen molar-refractivity contribution in [2.45, 2.75) is 64.8 Å². The predicted octanol–water partition coefficient (Wildman–Crippen LogP) is 2.56. The smallest absolute Gasteiger partial charge is 0.230 e. The third-order valence-corrected chi connectivity index (χ3v) is 4.43. The second-order valence-corrected chi connectivity index (χ2v) is 6.04. The molecule has 3 heteroatoms. The Labute approximate surface area is 111 Å². The van der Waals surface area contributed by atoms with E-state index in [4.69, 9.17) is 0 Å². The average molecular weight is 252 g/mol. The van der Waals surface area contributed by atoms with Crippen molar-refractivity contribution in [3.63, 3.8) is 0 Å². The molecular weight excluding hydrogens is 224 g/mol. The van der Waals surface area contributed by atoms with Crippen LogP contribution in [0, 0.1) is 5.41 Å². The fourth-order valence-corrected chi connectivity index (χ4v) is 3.19. The molecule has 1 heterocycles. The first kappa shape index (κ1) is 13.9. The Hall–Kier alpha value is -0.570. The third kappa shape index (κ3) is 2.87. The molecule has 1 saturated carbocycles. The van der Waals surface area contributed by atoms with Gasteiger partial charge in [0.25, 0.3) is 0 Å². The van der Waals surface area contributed by atoms with Crippen LogP contribution in [0.2, 0.25) is 0 Å². The first-order chi connectivity index (χ1) is 8.73. The quantitative estimate of drug-likeness (QED) is 0.755. The van der Waals surface area contributed by atoms with E-state index in [1.807, 2.05) is 0 Å². The average Bonchev–Trinajstić information content (AvgIpc) is 3.09. The van der Waals surface area contributed by atoms with Crippen molar-refractivity contribution in [3.8, 4) is 0 Å². The number of carbonyl (C=O) groups excluding carboxylic acids is 1. The maximum Gasteiger partial charge on any atom is 0.230 e. The monoisotopic (exact) mass is 252 g/mol. The van der Waals surface area contributed by atoms with Crippen molar-refractivity contribution in [2.75, 3.05) is 19.6 Å². The lowest BCUT2D eigenvalue weighted by Gasteiger charge is -2.34. The maximum atomic E-state index is 12.9. The van der Waals surface area contributed by atoms with Gasteiger partial charge < -0.3 is 10.2 Å². The van der Waals surface area contributed by atoms with E-state index in [1.165, 1.54) is 19.3 Å². The number of rotatable bonds is 7. The van der Waals surface area contributed by atoms with Crippen molar-refractivity contribution in [3.05, 3.63) is 0 Å². The SMILES string of the molecule is CCCCN(C(=O)C1(CCC)CCNC1)C1CC1. The lowest BCUT2D eigenvalue weighted by Crippen LogP contribution is -2.46. The predicted molar refractivity (Wildman–Crippen MR) is 74.5 cm³/mol. The highest BCUT2D eigenvalue weighted by molar-refractivity contribution is 5.84. The molecule has 2 rings (SSSR count). The summed E-state index contributed by atoms with van der Waals surface area (Å²) in [5, 5.41) is 3.40. The van der Waals surface area contributed by atoms with Crippen molar-refractivity contribution in [1.29, 1.82) is 0 Å². The molecule has 104 valence electrons. The van der Waals surface area contributed by atoms with Crippen LogP contribution in [0.5, 0.6) is 0 Å². The van der Waals surface area contributed by atoms with E-state index in [-0.39, 0.29) is 5.41 Å². The molecule has 2 aliphatic rings. The molecule has 1 saturated heterocycles. The minimum absolute atomic E-state index is 0.0783. The maximum absolute atomic E-state index is 12.9. The van der Waals surface area contributed by atoms with Gasteiger partial charge in [-0.3, -0.25) is 4.79 Å².